The minimum absolute atomic E-state index is 0.0599. The highest BCUT2D eigenvalue weighted by atomic mass is 16.4. The number of amides is 2. The number of hydrogen-bond donors (Lipinski definition) is 3. The van der Waals surface area contributed by atoms with E-state index in [0.717, 1.165) is 6.42 Å². The smallest absolute Gasteiger partial charge is 0.323 e. The lowest BCUT2D eigenvalue weighted by atomic mass is 10.0. The Kier molecular flexibility index (Phi) is 4.89. The molecule has 1 rings (SSSR count). The number of carbonyl (C=O) groups is 1. The summed E-state index contributed by atoms with van der Waals surface area (Å²) in [5.74, 6) is 0.582. The minimum Gasteiger partial charge on any atom is -0.406 e. The van der Waals surface area contributed by atoms with Crippen LogP contribution in [0.2, 0.25) is 0 Å². The highest BCUT2D eigenvalue weighted by molar-refractivity contribution is 5.86. The summed E-state index contributed by atoms with van der Waals surface area (Å²) in [6.07, 6.45) is 0.919. The summed E-state index contributed by atoms with van der Waals surface area (Å²) in [6, 6.07) is -0.623. The van der Waals surface area contributed by atoms with Crippen LogP contribution in [0.4, 0.5) is 10.8 Å². The standard InChI is InChI=1S/C10H19N5O2/c1-4-6(3)7(11)8-14-15-10(17-8)13-9(16)12-5-2/h6-7H,4-5,11H2,1-3H3,(H2,12,13,15,16)/t6?,7-/m0/s1. The average Bonchev–Trinajstić information content (AvgIpc) is 2.75. The van der Waals surface area contributed by atoms with E-state index in [9.17, 15) is 4.79 Å². The second kappa shape index (κ2) is 6.19. The second-order valence-corrected chi connectivity index (χ2v) is 3.84. The zero-order valence-corrected chi connectivity index (χ0v) is 10.4. The van der Waals surface area contributed by atoms with E-state index in [4.69, 9.17) is 10.2 Å². The van der Waals surface area contributed by atoms with Crippen LogP contribution < -0.4 is 16.4 Å². The number of anilines is 1. The van der Waals surface area contributed by atoms with Crippen molar-refractivity contribution >= 4 is 12.0 Å². The van der Waals surface area contributed by atoms with Gasteiger partial charge in [0.15, 0.2) is 0 Å². The summed E-state index contributed by atoms with van der Waals surface area (Å²) in [5.41, 5.74) is 5.93. The predicted molar refractivity (Wildman–Crippen MR) is 63.4 cm³/mol. The first-order chi connectivity index (χ1) is 8.08. The molecule has 0 fully saturated rings. The van der Waals surface area contributed by atoms with Crippen molar-refractivity contribution in [3.8, 4) is 0 Å². The van der Waals surface area contributed by atoms with Crippen molar-refractivity contribution in [1.29, 1.82) is 0 Å². The van der Waals surface area contributed by atoms with Gasteiger partial charge in [0.25, 0.3) is 0 Å². The molecule has 0 aliphatic carbocycles. The van der Waals surface area contributed by atoms with Crippen LogP contribution in [0.25, 0.3) is 0 Å². The number of rotatable bonds is 5. The molecule has 0 aromatic carbocycles. The maximum Gasteiger partial charge on any atom is 0.323 e. The molecule has 7 heteroatoms. The molecule has 1 heterocycles. The van der Waals surface area contributed by atoms with Gasteiger partial charge in [0.05, 0.1) is 6.04 Å². The van der Waals surface area contributed by atoms with Crippen molar-refractivity contribution in [3.63, 3.8) is 0 Å². The molecule has 2 amide bonds. The van der Waals surface area contributed by atoms with Crippen molar-refractivity contribution in [3.05, 3.63) is 5.89 Å². The van der Waals surface area contributed by atoms with Gasteiger partial charge in [-0.15, -0.1) is 5.10 Å². The molecular formula is C10H19N5O2. The van der Waals surface area contributed by atoms with E-state index in [-0.39, 0.29) is 24.0 Å². The first-order valence-electron chi connectivity index (χ1n) is 5.72. The third-order valence-corrected chi connectivity index (χ3v) is 2.54. The summed E-state index contributed by atoms with van der Waals surface area (Å²) >= 11 is 0. The zero-order valence-electron chi connectivity index (χ0n) is 10.4. The molecule has 2 atom stereocenters. The molecule has 0 bridgehead atoms. The summed E-state index contributed by atoms with van der Waals surface area (Å²) in [6.45, 7) is 6.39. The van der Waals surface area contributed by atoms with Crippen LogP contribution in [0.3, 0.4) is 0 Å². The van der Waals surface area contributed by atoms with E-state index in [1.54, 1.807) is 0 Å². The third-order valence-electron chi connectivity index (χ3n) is 2.54. The zero-order chi connectivity index (χ0) is 12.8. The van der Waals surface area contributed by atoms with Crippen molar-refractivity contribution in [1.82, 2.24) is 15.5 Å². The van der Waals surface area contributed by atoms with Crippen LogP contribution >= 0.6 is 0 Å². The van der Waals surface area contributed by atoms with Gasteiger partial charge < -0.3 is 15.5 Å². The van der Waals surface area contributed by atoms with E-state index in [1.807, 2.05) is 20.8 Å². The van der Waals surface area contributed by atoms with Gasteiger partial charge in [-0.2, -0.15) is 0 Å². The monoisotopic (exact) mass is 241 g/mol. The fourth-order valence-corrected chi connectivity index (χ4v) is 1.22. The maximum absolute atomic E-state index is 11.2. The SMILES string of the molecule is CCNC(=O)Nc1nnc([C@@H](N)C(C)CC)o1. The number of aromatic nitrogens is 2. The van der Waals surface area contributed by atoms with Gasteiger partial charge in [-0.1, -0.05) is 25.4 Å². The summed E-state index contributed by atoms with van der Waals surface area (Å²) in [7, 11) is 0. The van der Waals surface area contributed by atoms with Gasteiger partial charge in [0.1, 0.15) is 0 Å². The molecule has 0 aliphatic heterocycles. The first kappa shape index (κ1) is 13.4. The summed E-state index contributed by atoms with van der Waals surface area (Å²) in [4.78, 5) is 11.2. The lowest BCUT2D eigenvalue weighted by Gasteiger charge is -2.13. The fraction of sp³-hybridized carbons (Fsp3) is 0.700. The molecule has 0 saturated heterocycles. The molecule has 7 nitrogen and oxygen atoms in total. The molecule has 4 N–H and O–H groups in total. The van der Waals surface area contributed by atoms with Crippen LogP contribution in [-0.4, -0.2) is 22.8 Å². The number of hydrogen-bond acceptors (Lipinski definition) is 5. The molecular weight excluding hydrogens is 222 g/mol. The Morgan fingerprint density at radius 3 is 2.76 bits per heavy atom. The number of urea groups is 1. The lowest BCUT2D eigenvalue weighted by Crippen LogP contribution is -2.28. The lowest BCUT2D eigenvalue weighted by molar-refractivity contribution is 0.251. The van der Waals surface area contributed by atoms with E-state index < -0.39 is 0 Å². The van der Waals surface area contributed by atoms with Crippen LogP contribution in [0.15, 0.2) is 4.42 Å². The fourth-order valence-electron chi connectivity index (χ4n) is 1.22. The molecule has 0 radical (unpaired) electrons. The molecule has 0 aliphatic rings. The number of carbonyl (C=O) groups excluding carboxylic acids is 1. The van der Waals surface area contributed by atoms with Crippen LogP contribution in [0, 0.1) is 5.92 Å². The van der Waals surface area contributed by atoms with Crippen molar-refractivity contribution < 1.29 is 9.21 Å². The largest absolute Gasteiger partial charge is 0.406 e. The Hall–Kier alpha value is -1.63. The minimum atomic E-state index is -0.375. The van der Waals surface area contributed by atoms with E-state index >= 15 is 0 Å². The average molecular weight is 241 g/mol. The Morgan fingerprint density at radius 2 is 2.18 bits per heavy atom. The summed E-state index contributed by atoms with van der Waals surface area (Å²) in [5, 5.41) is 12.5. The Morgan fingerprint density at radius 1 is 1.47 bits per heavy atom. The molecule has 0 saturated carbocycles. The highest BCUT2D eigenvalue weighted by Gasteiger charge is 2.20. The third kappa shape index (κ3) is 3.70. The van der Waals surface area contributed by atoms with Gasteiger partial charge in [0.2, 0.25) is 5.89 Å². The van der Waals surface area contributed by atoms with Gasteiger partial charge in [-0.25, -0.2) is 4.79 Å². The van der Waals surface area contributed by atoms with Crippen molar-refractivity contribution in [2.75, 3.05) is 11.9 Å². The van der Waals surface area contributed by atoms with Gasteiger partial charge in [-0.3, -0.25) is 5.32 Å². The Bertz CT molecular complexity index is 365. The molecule has 1 unspecified atom stereocenters. The molecule has 1 aromatic rings. The number of nitrogens with one attached hydrogen (secondary N) is 2. The second-order valence-electron chi connectivity index (χ2n) is 3.84. The van der Waals surface area contributed by atoms with Crippen LogP contribution in [0.5, 0.6) is 0 Å². The molecule has 17 heavy (non-hydrogen) atoms. The Labute approximate surface area is 100 Å². The Balaban J connectivity index is 2.61. The number of nitrogens with zero attached hydrogens (tertiary/aromatic N) is 2. The van der Waals surface area contributed by atoms with Gasteiger partial charge >= 0.3 is 12.0 Å². The van der Waals surface area contributed by atoms with Gasteiger partial charge in [-0.05, 0) is 12.8 Å². The number of nitrogens with two attached hydrogens (primary N) is 1. The maximum atomic E-state index is 11.2. The molecule has 0 spiro atoms. The normalized spacial score (nSPS) is 14.1. The van der Waals surface area contributed by atoms with E-state index in [2.05, 4.69) is 20.8 Å². The highest BCUT2D eigenvalue weighted by Crippen LogP contribution is 2.21. The molecule has 1 aromatic heterocycles. The molecule has 96 valence electrons. The topological polar surface area (TPSA) is 106 Å². The van der Waals surface area contributed by atoms with E-state index in [0.29, 0.717) is 12.4 Å². The predicted octanol–water partition coefficient (Wildman–Crippen LogP) is 1.26. The quantitative estimate of drug-likeness (QED) is 0.719. The van der Waals surface area contributed by atoms with Crippen molar-refractivity contribution in [2.45, 2.75) is 33.2 Å². The van der Waals surface area contributed by atoms with E-state index in [1.165, 1.54) is 0 Å². The van der Waals surface area contributed by atoms with Gasteiger partial charge in [0, 0.05) is 6.54 Å². The first-order valence-corrected chi connectivity index (χ1v) is 5.72. The van der Waals surface area contributed by atoms with Crippen molar-refractivity contribution in [2.24, 2.45) is 11.7 Å². The van der Waals surface area contributed by atoms with Crippen LogP contribution in [-0.2, 0) is 0 Å². The summed E-state index contributed by atoms with van der Waals surface area (Å²) < 4.78 is 5.27. The van der Waals surface area contributed by atoms with Crippen LogP contribution in [0.1, 0.15) is 39.1 Å².